The summed E-state index contributed by atoms with van der Waals surface area (Å²) in [5.74, 6) is 2.22. The first-order valence-corrected chi connectivity index (χ1v) is 10.5. The molecule has 1 aromatic heterocycles. The second-order valence-corrected chi connectivity index (χ2v) is 8.36. The maximum absolute atomic E-state index is 12.3. The molecule has 0 spiro atoms. The number of methoxy groups -OCH3 is 1. The van der Waals surface area contributed by atoms with Crippen molar-refractivity contribution in [2.45, 2.75) is 58.1 Å². The molecule has 0 saturated carbocycles. The molecule has 0 radical (unpaired) electrons. The molecule has 0 N–H and O–H groups in total. The van der Waals surface area contributed by atoms with Crippen LogP contribution in [-0.2, 0) is 21.5 Å². The number of nitrogens with zero attached hydrogens (tertiary/aromatic N) is 1. The van der Waals surface area contributed by atoms with Gasteiger partial charge in [-0.05, 0) is 43.4 Å². The molecule has 2 heterocycles. The molecule has 2 aromatic rings. The Labute approximate surface area is 174 Å². The predicted octanol–water partition coefficient (Wildman–Crippen LogP) is 4.80. The number of carbonyl (C=O) groups is 1. The third-order valence-electron chi connectivity index (χ3n) is 6.16. The van der Waals surface area contributed by atoms with Gasteiger partial charge >= 0.3 is 0 Å². The van der Waals surface area contributed by atoms with E-state index < -0.39 is 0 Å². The van der Waals surface area contributed by atoms with Crippen molar-refractivity contribution >= 4 is 5.91 Å². The van der Waals surface area contributed by atoms with Gasteiger partial charge in [-0.25, -0.2) is 0 Å². The molecule has 1 amide bonds. The third-order valence-corrected chi connectivity index (χ3v) is 6.16. The minimum atomic E-state index is -0.0867. The molecule has 1 aliphatic rings. The zero-order valence-electron chi connectivity index (χ0n) is 18.0. The molecule has 2 atom stereocenters. The molecular formula is C24H33NO4. The van der Waals surface area contributed by atoms with Gasteiger partial charge in [0, 0.05) is 31.1 Å². The summed E-state index contributed by atoms with van der Waals surface area (Å²) in [6.07, 6.45) is 4.56. The fourth-order valence-corrected chi connectivity index (χ4v) is 4.36. The van der Waals surface area contributed by atoms with Crippen LogP contribution in [-0.4, -0.2) is 37.2 Å². The molecule has 3 rings (SSSR count). The van der Waals surface area contributed by atoms with Gasteiger partial charge in [-0.1, -0.05) is 32.0 Å². The second-order valence-electron chi connectivity index (χ2n) is 8.36. The van der Waals surface area contributed by atoms with E-state index in [1.807, 2.05) is 29.2 Å². The fourth-order valence-electron chi connectivity index (χ4n) is 4.36. The van der Waals surface area contributed by atoms with Crippen molar-refractivity contribution < 1.29 is 18.7 Å². The average Bonchev–Trinajstić information content (AvgIpc) is 3.24. The lowest BCUT2D eigenvalue weighted by Crippen LogP contribution is -2.43. The third kappa shape index (κ3) is 5.02. The van der Waals surface area contributed by atoms with E-state index in [9.17, 15) is 4.79 Å². The van der Waals surface area contributed by atoms with Crippen molar-refractivity contribution in [3.63, 3.8) is 0 Å². The van der Waals surface area contributed by atoms with Crippen LogP contribution in [0.1, 0.15) is 51.4 Å². The molecule has 0 bridgehead atoms. The molecule has 1 saturated heterocycles. The Balaban J connectivity index is 1.87. The molecule has 0 aliphatic carbocycles. The second kappa shape index (κ2) is 9.49. The van der Waals surface area contributed by atoms with E-state index in [2.05, 4.69) is 26.0 Å². The summed E-state index contributed by atoms with van der Waals surface area (Å²) in [6, 6.07) is 12.1. The molecular weight excluding hydrogens is 366 g/mol. The van der Waals surface area contributed by atoms with Crippen LogP contribution >= 0.6 is 0 Å². The summed E-state index contributed by atoms with van der Waals surface area (Å²) in [6.45, 7) is 7.93. The monoisotopic (exact) mass is 399 g/mol. The van der Waals surface area contributed by atoms with Crippen molar-refractivity contribution in [2.24, 2.45) is 5.92 Å². The minimum absolute atomic E-state index is 0.0593. The number of furan rings is 1. The first-order chi connectivity index (χ1) is 13.9. The SMILES string of the molecule is COc1ccccc1C1(CCN(Cc2ccco2)C(C)=O)CCOC(C(C)C)C1. The smallest absolute Gasteiger partial charge is 0.219 e. The minimum Gasteiger partial charge on any atom is -0.496 e. The van der Waals surface area contributed by atoms with Crippen LogP contribution in [0.25, 0.3) is 0 Å². The Morgan fingerprint density at radius 3 is 2.72 bits per heavy atom. The first-order valence-electron chi connectivity index (χ1n) is 10.5. The highest BCUT2D eigenvalue weighted by atomic mass is 16.5. The fraction of sp³-hybridized carbons (Fsp3) is 0.542. The van der Waals surface area contributed by atoms with E-state index in [1.165, 1.54) is 5.56 Å². The Morgan fingerprint density at radius 1 is 1.28 bits per heavy atom. The Kier molecular flexibility index (Phi) is 7.01. The molecule has 5 nitrogen and oxygen atoms in total. The van der Waals surface area contributed by atoms with Crippen molar-refractivity contribution in [2.75, 3.05) is 20.3 Å². The van der Waals surface area contributed by atoms with E-state index in [0.717, 1.165) is 37.4 Å². The van der Waals surface area contributed by atoms with Gasteiger partial charge in [0.25, 0.3) is 0 Å². The van der Waals surface area contributed by atoms with Gasteiger partial charge in [0.2, 0.25) is 5.91 Å². The Morgan fingerprint density at radius 2 is 2.07 bits per heavy atom. The van der Waals surface area contributed by atoms with Gasteiger partial charge < -0.3 is 18.8 Å². The van der Waals surface area contributed by atoms with Crippen LogP contribution in [0.15, 0.2) is 47.1 Å². The summed E-state index contributed by atoms with van der Waals surface area (Å²) in [5.41, 5.74) is 1.13. The van der Waals surface area contributed by atoms with Crippen LogP contribution in [0.5, 0.6) is 5.75 Å². The summed E-state index contributed by atoms with van der Waals surface area (Å²) >= 11 is 0. The number of benzene rings is 1. The van der Waals surface area contributed by atoms with Crippen LogP contribution in [0.2, 0.25) is 0 Å². The molecule has 1 fully saturated rings. The largest absolute Gasteiger partial charge is 0.496 e. The lowest BCUT2D eigenvalue weighted by Gasteiger charge is -2.44. The number of carbonyl (C=O) groups excluding carboxylic acids is 1. The lowest BCUT2D eigenvalue weighted by molar-refractivity contribution is -0.130. The molecule has 1 aromatic carbocycles. The zero-order valence-corrected chi connectivity index (χ0v) is 18.0. The highest BCUT2D eigenvalue weighted by molar-refractivity contribution is 5.73. The van der Waals surface area contributed by atoms with E-state index >= 15 is 0 Å². The number of amides is 1. The maximum atomic E-state index is 12.3. The summed E-state index contributed by atoms with van der Waals surface area (Å²) in [5, 5.41) is 0. The number of hydrogen-bond acceptors (Lipinski definition) is 4. The van der Waals surface area contributed by atoms with Crippen molar-refractivity contribution in [3.05, 3.63) is 54.0 Å². The normalized spacial score (nSPS) is 21.9. The molecule has 158 valence electrons. The number of para-hydroxylation sites is 1. The standard InChI is InChI=1S/C24H33NO4/c1-18(2)23-16-24(12-15-29-23,21-9-5-6-10-22(21)27-4)11-13-25(19(3)26)17-20-8-7-14-28-20/h5-10,14,18,23H,11-13,15-17H2,1-4H3. The van der Waals surface area contributed by atoms with E-state index in [0.29, 0.717) is 19.0 Å². The van der Waals surface area contributed by atoms with E-state index in [1.54, 1.807) is 20.3 Å². The highest BCUT2D eigenvalue weighted by Gasteiger charge is 2.41. The Hall–Kier alpha value is -2.27. The predicted molar refractivity (Wildman–Crippen MR) is 113 cm³/mol. The molecule has 5 heteroatoms. The topological polar surface area (TPSA) is 51.9 Å². The van der Waals surface area contributed by atoms with Gasteiger partial charge in [0.1, 0.15) is 11.5 Å². The number of hydrogen-bond donors (Lipinski definition) is 0. The Bertz CT molecular complexity index is 786. The average molecular weight is 400 g/mol. The molecule has 2 unspecified atom stereocenters. The van der Waals surface area contributed by atoms with Crippen molar-refractivity contribution in [3.8, 4) is 5.75 Å². The highest BCUT2D eigenvalue weighted by Crippen LogP contribution is 2.45. The summed E-state index contributed by atoms with van der Waals surface area (Å²) in [4.78, 5) is 14.2. The van der Waals surface area contributed by atoms with Gasteiger partial charge in [0.15, 0.2) is 0 Å². The van der Waals surface area contributed by atoms with Crippen LogP contribution in [0, 0.1) is 5.92 Å². The van der Waals surface area contributed by atoms with Gasteiger partial charge in [0.05, 0.1) is 26.0 Å². The lowest BCUT2D eigenvalue weighted by atomic mass is 9.68. The maximum Gasteiger partial charge on any atom is 0.219 e. The van der Waals surface area contributed by atoms with Gasteiger partial charge in [-0.15, -0.1) is 0 Å². The van der Waals surface area contributed by atoms with Crippen LogP contribution in [0.4, 0.5) is 0 Å². The summed E-state index contributed by atoms with van der Waals surface area (Å²) < 4.78 is 17.3. The summed E-state index contributed by atoms with van der Waals surface area (Å²) in [7, 11) is 1.73. The van der Waals surface area contributed by atoms with Crippen molar-refractivity contribution in [1.29, 1.82) is 0 Å². The quantitative estimate of drug-likeness (QED) is 0.640. The van der Waals surface area contributed by atoms with Crippen LogP contribution in [0.3, 0.4) is 0 Å². The first kappa shape index (κ1) is 21.4. The van der Waals surface area contributed by atoms with Crippen molar-refractivity contribution in [1.82, 2.24) is 4.90 Å². The van der Waals surface area contributed by atoms with E-state index in [4.69, 9.17) is 13.9 Å². The number of ether oxygens (including phenoxy) is 2. The molecule has 29 heavy (non-hydrogen) atoms. The number of rotatable bonds is 8. The zero-order chi connectivity index (χ0) is 20.9. The van der Waals surface area contributed by atoms with E-state index in [-0.39, 0.29) is 17.4 Å². The van der Waals surface area contributed by atoms with Gasteiger partial charge in [-0.2, -0.15) is 0 Å². The van der Waals surface area contributed by atoms with Crippen LogP contribution < -0.4 is 4.74 Å². The van der Waals surface area contributed by atoms with Gasteiger partial charge in [-0.3, -0.25) is 4.79 Å². The molecule has 1 aliphatic heterocycles.